The van der Waals surface area contributed by atoms with Crippen molar-refractivity contribution in [2.45, 2.75) is 0 Å². The van der Waals surface area contributed by atoms with Crippen LogP contribution < -0.4 is 10.5 Å². The number of pyridine rings is 1. The number of nitrogens with two attached hydrogens (primary N) is 1. The number of nitrogens with zero attached hydrogens (tertiary/aromatic N) is 1. The van der Waals surface area contributed by atoms with Crippen molar-refractivity contribution in [3.8, 4) is 17.0 Å². The smallest absolute Gasteiger partial charge is 0.213 e. The number of hydrogen-bond acceptors (Lipinski definition) is 3. The highest BCUT2D eigenvalue weighted by molar-refractivity contribution is 5.66. The summed E-state index contributed by atoms with van der Waals surface area (Å²) in [7, 11) is 1.52. The molecule has 0 aliphatic carbocycles. The van der Waals surface area contributed by atoms with Gasteiger partial charge in [-0.2, -0.15) is 0 Å². The molecule has 2 N–H and O–H groups in total. The molecule has 3 nitrogen and oxygen atoms in total. The van der Waals surface area contributed by atoms with E-state index in [9.17, 15) is 4.39 Å². The molecule has 2 aromatic rings. The Morgan fingerprint density at radius 2 is 2.06 bits per heavy atom. The third-order valence-corrected chi connectivity index (χ3v) is 2.25. The maximum absolute atomic E-state index is 13.6. The normalized spacial score (nSPS) is 10.1. The molecular weight excluding hydrogens is 207 g/mol. The molecule has 0 fully saturated rings. The molecule has 1 aromatic carbocycles. The van der Waals surface area contributed by atoms with E-state index in [1.165, 1.54) is 13.2 Å². The lowest BCUT2D eigenvalue weighted by Crippen LogP contribution is -1.91. The second-order valence-electron chi connectivity index (χ2n) is 3.33. The topological polar surface area (TPSA) is 48.1 Å². The van der Waals surface area contributed by atoms with E-state index in [2.05, 4.69) is 4.98 Å². The third kappa shape index (κ3) is 1.95. The van der Waals surface area contributed by atoms with Crippen molar-refractivity contribution in [1.82, 2.24) is 4.98 Å². The molecule has 4 heteroatoms. The molecule has 0 spiro atoms. The Hall–Kier alpha value is -2.10. The summed E-state index contributed by atoms with van der Waals surface area (Å²) >= 11 is 0. The van der Waals surface area contributed by atoms with Gasteiger partial charge >= 0.3 is 0 Å². The van der Waals surface area contributed by atoms with E-state index < -0.39 is 0 Å². The van der Waals surface area contributed by atoms with Gasteiger partial charge in [0, 0.05) is 23.5 Å². The number of anilines is 1. The summed E-state index contributed by atoms with van der Waals surface area (Å²) in [6.07, 6.45) is 1.57. The van der Waals surface area contributed by atoms with Crippen molar-refractivity contribution in [3.05, 3.63) is 42.3 Å². The summed E-state index contributed by atoms with van der Waals surface area (Å²) in [5.41, 5.74) is 7.08. The third-order valence-electron chi connectivity index (χ3n) is 2.25. The lowest BCUT2D eigenvalue weighted by molar-refractivity contribution is 0.398. The Kier molecular flexibility index (Phi) is 2.72. The van der Waals surface area contributed by atoms with Crippen LogP contribution in [-0.4, -0.2) is 12.1 Å². The molecule has 0 saturated carbocycles. The first kappa shape index (κ1) is 10.4. The molecule has 0 atom stereocenters. The first-order chi connectivity index (χ1) is 7.70. The lowest BCUT2D eigenvalue weighted by atomic mass is 10.1. The van der Waals surface area contributed by atoms with Crippen LogP contribution >= 0.6 is 0 Å². The first-order valence-electron chi connectivity index (χ1n) is 4.76. The number of ether oxygens (including phenoxy) is 1. The second-order valence-corrected chi connectivity index (χ2v) is 3.33. The highest BCUT2D eigenvalue weighted by atomic mass is 19.1. The van der Waals surface area contributed by atoms with Crippen molar-refractivity contribution in [3.63, 3.8) is 0 Å². The van der Waals surface area contributed by atoms with Gasteiger partial charge in [0.05, 0.1) is 7.11 Å². The van der Waals surface area contributed by atoms with E-state index in [0.717, 1.165) is 0 Å². The Bertz CT molecular complexity index is 514. The fourth-order valence-electron chi connectivity index (χ4n) is 1.45. The molecule has 0 aliphatic rings. The fourth-order valence-corrected chi connectivity index (χ4v) is 1.45. The molecule has 0 bridgehead atoms. The number of hydrogen-bond donors (Lipinski definition) is 1. The fraction of sp³-hybridized carbons (Fsp3) is 0.0833. The second kappa shape index (κ2) is 4.18. The van der Waals surface area contributed by atoms with E-state index in [1.807, 2.05) is 0 Å². The Morgan fingerprint density at radius 1 is 1.25 bits per heavy atom. The average Bonchev–Trinajstić information content (AvgIpc) is 2.29. The number of rotatable bonds is 2. The zero-order valence-electron chi connectivity index (χ0n) is 8.77. The van der Waals surface area contributed by atoms with Crippen molar-refractivity contribution in [2.24, 2.45) is 0 Å². The number of halogens is 1. The summed E-state index contributed by atoms with van der Waals surface area (Å²) in [6.45, 7) is 0. The predicted molar refractivity (Wildman–Crippen MR) is 60.6 cm³/mol. The zero-order valence-corrected chi connectivity index (χ0v) is 8.77. The van der Waals surface area contributed by atoms with Crippen molar-refractivity contribution >= 4 is 5.69 Å². The van der Waals surface area contributed by atoms with Crippen molar-refractivity contribution in [2.75, 3.05) is 12.8 Å². The van der Waals surface area contributed by atoms with Gasteiger partial charge in [-0.15, -0.1) is 0 Å². The largest absolute Gasteiger partial charge is 0.481 e. The standard InChI is InChI=1S/C12H11FN2O/c1-16-12-6-8(4-5-15-12)10-3-2-9(14)7-11(10)13/h2-7H,14H2,1H3. The summed E-state index contributed by atoms with van der Waals surface area (Å²) in [4.78, 5) is 3.96. The van der Waals surface area contributed by atoms with Crippen LogP contribution in [0, 0.1) is 5.82 Å². The first-order valence-corrected chi connectivity index (χ1v) is 4.76. The maximum Gasteiger partial charge on any atom is 0.213 e. The molecule has 0 amide bonds. The van der Waals surface area contributed by atoms with Gasteiger partial charge in [-0.1, -0.05) is 0 Å². The molecule has 0 unspecified atom stereocenters. The minimum absolute atomic E-state index is 0.353. The average molecular weight is 218 g/mol. The zero-order chi connectivity index (χ0) is 11.5. The van der Waals surface area contributed by atoms with E-state index >= 15 is 0 Å². The van der Waals surface area contributed by atoms with Crippen LogP contribution in [-0.2, 0) is 0 Å². The van der Waals surface area contributed by atoms with Crippen LogP contribution in [0.3, 0.4) is 0 Å². The van der Waals surface area contributed by atoms with E-state index in [-0.39, 0.29) is 5.82 Å². The van der Waals surface area contributed by atoms with E-state index in [1.54, 1.807) is 30.5 Å². The predicted octanol–water partition coefficient (Wildman–Crippen LogP) is 2.48. The molecule has 0 saturated heterocycles. The summed E-state index contributed by atoms with van der Waals surface area (Å²) in [5, 5.41) is 0. The summed E-state index contributed by atoms with van der Waals surface area (Å²) < 4.78 is 18.6. The van der Waals surface area contributed by atoms with Gasteiger partial charge in [0.2, 0.25) is 5.88 Å². The SMILES string of the molecule is COc1cc(-c2ccc(N)cc2F)ccn1. The van der Waals surface area contributed by atoms with Crippen LogP contribution in [0.25, 0.3) is 11.1 Å². The van der Waals surface area contributed by atoms with E-state index in [0.29, 0.717) is 22.7 Å². The van der Waals surface area contributed by atoms with Crippen molar-refractivity contribution in [1.29, 1.82) is 0 Å². The lowest BCUT2D eigenvalue weighted by Gasteiger charge is -2.05. The molecule has 0 radical (unpaired) electrons. The highest BCUT2D eigenvalue weighted by Gasteiger charge is 2.06. The molecule has 16 heavy (non-hydrogen) atoms. The minimum atomic E-state index is -0.353. The Balaban J connectivity index is 2.49. The summed E-state index contributed by atoms with van der Waals surface area (Å²) in [5.74, 6) is 0.0991. The maximum atomic E-state index is 13.6. The highest BCUT2D eigenvalue weighted by Crippen LogP contribution is 2.26. The number of aromatic nitrogens is 1. The number of nitrogen functional groups attached to an aromatic ring is 1. The van der Waals surface area contributed by atoms with Crippen LogP contribution in [0.15, 0.2) is 36.5 Å². The molecular formula is C12H11FN2O. The van der Waals surface area contributed by atoms with Gasteiger partial charge in [-0.3, -0.25) is 0 Å². The summed E-state index contributed by atoms with van der Waals surface area (Å²) in [6, 6.07) is 7.98. The van der Waals surface area contributed by atoms with Gasteiger partial charge in [-0.05, 0) is 29.8 Å². The van der Waals surface area contributed by atoms with Gasteiger partial charge in [0.1, 0.15) is 5.82 Å². The number of benzene rings is 1. The van der Waals surface area contributed by atoms with Crippen LogP contribution in [0.5, 0.6) is 5.88 Å². The Morgan fingerprint density at radius 3 is 2.75 bits per heavy atom. The van der Waals surface area contributed by atoms with Gasteiger partial charge in [-0.25, -0.2) is 9.37 Å². The molecule has 2 rings (SSSR count). The Labute approximate surface area is 92.7 Å². The van der Waals surface area contributed by atoms with Crippen LogP contribution in [0.2, 0.25) is 0 Å². The monoisotopic (exact) mass is 218 g/mol. The van der Waals surface area contributed by atoms with Gasteiger partial charge in [0.25, 0.3) is 0 Å². The van der Waals surface area contributed by atoms with Crippen LogP contribution in [0.1, 0.15) is 0 Å². The minimum Gasteiger partial charge on any atom is -0.481 e. The van der Waals surface area contributed by atoms with Crippen LogP contribution in [0.4, 0.5) is 10.1 Å². The van der Waals surface area contributed by atoms with Crippen molar-refractivity contribution < 1.29 is 9.13 Å². The van der Waals surface area contributed by atoms with Gasteiger partial charge in [0.15, 0.2) is 0 Å². The molecule has 82 valence electrons. The van der Waals surface area contributed by atoms with E-state index in [4.69, 9.17) is 10.5 Å². The molecule has 0 aliphatic heterocycles. The molecule has 1 heterocycles. The van der Waals surface area contributed by atoms with Gasteiger partial charge < -0.3 is 10.5 Å². The molecule has 1 aromatic heterocycles. The number of methoxy groups -OCH3 is 1. The quantitative estimate of drug-likeness (QED) is 0.788.